The van der Waals surface area contributed by atoms with Gasteiger partial charge in [-0.1, -0.05) is 20.3 Å². The van der Waals surface area contributed by atoms with Gasteiger partial charge >= 0.3 is 0 Å². The first-order valence-corrected chi connectivity index (χ1v) is 5.06. The summed E-state index contributed by atoms with van der Waals surface area (Å²) in [5.74, 6) is 3.41. The third-order valence-corrected chi connectivity index (χ3v) is 3.31. The molecule has 2 aliphatic rings. The quantitative estimate of drug-likeness (QED) is 0.667. The number of rotatable bonds is 2. The molecule has 0 saturated heterocycles. The van der Waals surface area contributed by atoms with Crippen molar-refractivity contribution >= 4 is 5.84 Å². The largest absolute Gasteiger partial charge is 0.387 e. The predicted molar refractivity (Wildman–Crippen MR) is 51.1 cm³/mol. The molecule has 12 heavy (non-hydrogen) atoms. The van der Waals surface area contributed by atoms with E-state index in [1.54, 1.807) is 0 Å². The molecule has 1 heterocycles. The summed E-state index contributed by atoms with van der Waals surface area (Å²) in [6, 6.07) is 0.605. The van der Waals surface area contributed by atoms with Crippen LogP contribution in [0.1, 0.15) is 33.1 Å². The first-order valence-electron chi connectivity index (χ1n) is 5.06. The van der Waals surface area contributed by atoms with Crippen LogP contribution in [0.3, 0.4) is 0 Å². The molecule has 2 rings (SSSR count). The van der Waals surface area contributed by atoms with Crippen molar-refractivity contribution in [3.8, 4) is 0 Å². The fourth-order valence-corrected chi connectivity index (χ4v) is 2.73. The van der Waals surface area contributed by atoms with Crippen molar-refractivity contribution in [3.05, 3.63) is 0 Å². The first-order chi connectivity index (χ1) is 5.74. The molecule has 4 atom stereocenters. The summed E-state index contributed by atoms with van der Waals surface area (Å²) >= 11 is 0. The van der Waals surface area contributed by atoms with Gasteiger partial charge in [0.05, 0.1) is 11.9 Å². The van der Waals surface area contributed by atoms with Crippen LogP contribution in [0, 0.1) is 17.8 Å². The molecule has 1 aliphatic heterocycles. The van der Waals surface area contributed by atoms with Gasteiger partial charge in [0.15, 0.2) is 0 Å². The maximum Gasteiger partial charge on any atom is 0.0943 e. The van der Waals surface area contributed by atoms with Gasteiger partial charge in [0, 0.05) is 6.42 Å². The van der Waals surface area contributed by atoms with E-state index in [0.717, 1.165) is 30.0 Å². The van der Waals surface area contributed by atoms with Gasteiger partial charge in [-0.25, -0.2) is 0 Å². The van der Waals surface area contributed by atoms with E-state index in [1.807, 2.05) is 0 Å². The molecule has 1 fully saturated rings. The highest BCUT2D eigenvalue weighted by atomic mass is 15.0. The van der Waals surface area contributed by atoms with Crippen LogP contribution in [0.4, 0.5) is 0 Å². The van der Waals surface area contributed by atoms with Gasteiger partial charge < -0.3 is 5.73 Å². The van der Waals surface area contributed by atoms with E-state index in [0.29, 0.717) is 6.04 Å². The lowest BCUT2D eigenvalue weighted by atomic mass is 9.97. The highest BCUT2D eigenvalue weighted by Gasteiger charge is 2.53. The third kappa shape index (κ3) is 1.13. The van der Waals surface area contributed by atoms with Gasteiger partial charge in [-0.05, 0) is 24.2 Å². The van der Waals surface area contributed by atoms with E-state index >= 15 is 0 Å². The highest BCUT2D eigenvalue weighted by Crippen LogP contribution is 2.52. The average molecular weight is 166 g/mol. The zero-order valence-corrected chi connectivity index (χ0v) is 7.96. The summed E-state index contributed by atoms with van der Waals surface area (Å²) in [5, 5.41) is 0. The van der Waals surface area contributed by atoms with Gasteiger partial charge in [0.2, 0.25) is 0 Å². The molecule has 2 heteroatoms. The Bertz CT molecular complexity index is 210. The number of hydrogen-bond acceptors (Lipinski definition) is 2. The Morgan fingerprint density at radius 1 is 1.58 bits per heavy atom. The Morgan fingerprint density at radius 2 is 2.33 bits per heavy atom. The van der Waals surface area contributed by atoms with E-state index in [4.69, 9.17) is 5.73 Å². The maximum absolute atomic E-state index is 5.75. The van der Waals surface area contributed by atoms with Gasteiger partial charge in [0.25, 0.3) is 0 Å². The van der Waals surface area contributed by atoms with Crippen molar-refractivity contribution in [1.82, 2.24) is 0 Å². The molecule has 0 aromatic heterocycles. The molecule has 1 saturated carbocycles. The molecular weight excluding hydrogens is 148 g/mol. The Labute approximate surface area is 74.2 Å². The van der Waals surface area contributed by atoms with Crippen molar-refractivity contribution in [2.45, 2.75) is 39.2 Å². The van der Waals surface area contributed by atoms with Crippen LogP contribution in [-0.2, 0) is 0 Å². The van der Waals surface area contributed by atoms with Crippen LogP contribution >= 0.6 is 0 Å². The smallest absolute Gasteiger partial charge is 0.0943 e. The van der Waals surface area contributed by atoms with Crippen molar-refractivity contribution in [3.63, 3.8) is 0 Å². The van der Waals surface area contributed by atoms with Crippen molar-refractivity contribution in [2.24, 2.45) is 28.5 Å². The van der Waals surface area contributed by atoms with Gasteiger partial charge in [-0.2, -0.15) is 0 Å². The SMILES string of the molecule is CCCC1[C@H]2C(C)CC(N)=N[C@H]12. The Morgan fingerprint density at radius 3 is 3.00 bits per heavy atom. The minimum absolute atomic E-state index is 0.605. The summed E-state index contributed by atoms with van der Waals surface area (Å²) in [7, 11) is 0. The zero-order valence-electron chi connectivity index (χ0n) is 7.96. The second-order valence-electron chi connectivity index (χ2n) is 4.32. The molecular formula is C10H18N2. The summed E-state index contributed by atoms with van der Waals surface area (Å²) in [4.78, 5) is 4.50. The van der Waals surface area contributed by atoms with Crippen molar-refractivity contribution < 1.29 is 0 Å². The standard InChI is InChI=1S/C10H18N2/c1-3-4-7-9-6(2)5-8(11)12-10(7)9/h6-7,9-10H,3-5H2,1-2H3,(H2,11,12)/t6?,7?,9-,10-/m1/s1. The molecule has 2 unspecified atom stereocenters. The number of nitrogens with zero attached hydrogens (tertiary/aromatic N) is 1. The minimum atomic E-state index is 0.605. The van der Waals surface area contributed by atoms with Gasteiger partial charge in [-0.15, -0.1) is 0 Å². The molecule has 0 spiro atoms. The number of fused-ring (bicyclic) bond motifs is 1. The molecule has 0 radical (unpaired) electrons. The topological polar surface area (TPSA) is 38.4 Å². The average Bonchev–Trinajstić information content (AvgIpc) is 2.63. The summed E-state index contributed by atoms with van der Waals surface area (Å²) in [6.07, 6.45) is 3.66. The fraction of sp³-hybridized carbons (Fsp3) is 0.900. The Kier molecular flexibility index (Phi) is 1.85. The number of nitrogens with two attached hydrogens (primary N) is 1. The van der Waals surface area contributed by atoms with Crippen LogP contribution in [0.25, 0.3) is 0 Å². The lowest BCUT2D eigenvalue weighted by Gasteiger charge is -2.13. The van der Waals surface area contributed by atoms with Crippen molar-refractivity contribution in [1.29, 1.82) is 0 Å². The molecule has 0 bridgehead atoms. The van der Waals surface area contributed by atoms with E-state index in [1.165, 1.54) is 12.8 Å². The monoisotopic (exact) mass is 166 g/mol. The first kappa shape index (κ1) is 8.09. The molecule has 2 N–H and O–H groups in total. The Hall–Kier alpha value is -0.530. The maximum atomic E-state index is 5.75. The zero-order chi connectivity index (χ0) is 8.72. The van der Waals surface area contributed by atoms with Crippen molar-refractivity contribution in [2.75, 3.05) is 0 Å². The van der Waals surface area contributed by atoms with E-state index in [-0.39, 0.29) is 0 Å². The van der Waals surface area contributed by atoms with Crippen LogP contribution in [0.5, 0.6) is 0 Å². The van der Waals surface area contributed by atoms with E-state index in [9.17, 15) is 0 Å². The Balaban J connectivity index is 2.02. The normalized spacial score (nSPS) is 45.0. The molecule has 0 aromatic carbocycles. The minimum Gasteiger partial charge on any atom is -0.387 e. The lowest BCUT2D eigenvalue weighted by molar-refractivity contribution is 0.466. The molecule has 0 aromatic rings. The third-order valence-electron chi connectivity index (χ3n) is 3.31. The van der Waals surface area contributed by atoms with E-state index in [2.05, 4.69) is 18.8 Å². The van der Waals surface area contributed by atoms with Crippen LogP contribution in [0.2, 0.25) is 0 Å². The highest BCUT2D eigenvalue weighted by molar-refractivity contribution is 5.82. The predicted octanol–water partition coefficient (Wildman–Crippen LogP) is 1.80. The fourth-order valence-electron chi connectivity index (χ4n) is 2.73. The van der Waals surface area contributed by atoms with Crippen LogP contribution in [0.15, 0.2) is 4.99 Å². The lowest BCUT2D eigenvalue weighted by Crippen LogP contribution is -2.22. The molecule has 0 amide bonds. The van der Waals surface area contributed by atoms with Crippen LogP contribution < -0.4 is 5.73 Å². The molecule has 2 nitrogen and oxygen atoms in total. The summed E-state index contributed by atoms with van der Waals surface area (Å²) in [6.45, 7) is 4.57. The number of hydrogen-bond donors (Lipinski definition) is 1. The second-order valence-corrected chi connectivity index (χ2v) is 4.32. The van der Waals surface area contributed by atoms with Gasteiger partial charge in [-0.3, -0.25) is 4.99 Å². The molecule has 68 valence electrons. The van der Waals surface area contributed by atoms with Gasteiger partial charge in [0.1, 0.15) is 0 Å². The van der Waals surface area contributed by atoms with Crippen LogP contribution in [-0.4, -0.2) is 11.9 Å². The molecule has 1 aliphatic carbocycles. The summed E-state index contributed by atoms with van der Waals surface area (Å²) in [5.41, 5.74) is 5.75. The number of aliphatic imine (C=N–C) groups is 1. The second kappa shape index (κ2) is 2.75. The van der Waals surface area contributed by atoms with E-state index < -0.39 is 0 Å². The summed E-state index contributed by atoms with van der Waals surface area (Å²) < 4.78 is 0. The number of amidine groups is 1.